The van der Waals surface area contributed by atoms with Crippen molar-refractivity contribution in [3.63, 3.8) is 0 Å². The van der Waals surface area contributed by atoms with Gasteiger partial charge in [0.15, 0.2) is 0 Å². The van der Waals surface area contributed by atoms with E-state index in [2.05, 4.69) is 10.2 Å². The lowest BCUT2D eigenvalue weighted by atomic mass is 9.96. The number of nitrogens with zero attached hydrogens (tertiary/aromatic N) is 1. The van der Waals surface area contributed by atoms with Crippen molar-refractivity contribution in [2.45, 2.75) is 12.5 Å². The number of hydrogen-bond acceptors (Lipinski definition) is 4. The second-order valence-electron chi connectivity index (χ2n) is 5.27. The molecule has 1 fully saturated rings. The summed E-state index contributed by atoms with van der Waals surface area (Å²) in [5.74, 6) is 0. The summed E-state index contributed by atoms with van der Waals surface area (Å²) in [4.78, 5) is 2.38. The zero-order valence-electron chi connectivity index (χ0n) is 11.6. The zero-order chi connectivity index (χ0) is 13.6. The predicted octanol–water partition coefficient (Wildman–Crippen LogP) is 0.816. The Morgan fingerprint density at radius 3 is 2.63 bits per heavy atom. The van der Waals surface area contributed by atoms with E-state index < -0.39 is 5.60 Å². The summed E-state index contributed by atoms with van der Waals surface area (Å²) in [6.45, 7) is 8.01. The van der Waals surface area contributed by atoms with Gasteiger partial charge >= 0.3 is 0 Å². The van der Waals surface area contributed by atoms with Crippen LogP contribution in [0.4, 0.5) is 0 Å². The largest absolute Gasteiger partial charge is 0.384 e. The summed E-state index contributed by atoms with van der Waals surface area (Å²) in [5.41, 5.74) is 0.139. The molecular formula is C15H24N2O2. The molecule has 1 aliphatic heterocycles. The lowest BCUT2D eigenvalue weighted by molar-refractivity contribution is 0.0345. The highest BCUT2D eigenvalue weighted by Crippen LogP contribution is 2.18. The minimum Gasteiger partial charge on any atom is -0.384 e. The van der Waals surface area contributed by atoms with Crippen LogP contribution in [-0.2, 0) is 10.3 Å². The maximum absolute atomic E-state index is 10.4. The van der Waals surface area contributed by atoms with E-state index in [9.17, 15) is 5.11 Å². The molecule has 19 heavy (non-hydrogen) atoms. The number of ether oxygens (including phenoxy) is 1. The molecule has 4 heteroatoms. The monoisotopic (exact) mass is 264 g/mol. The summed E-state index contributed by atoms with van der Waals surface area (Å²) < 4.78 is 5.32. The third kappa shape index (κ3) is 4.58. The minimum absolute atomic E-state index is 0.571. The molecule has 1 heterocycles. The highest BCUT2D eigenvalue weighted by molar-refractivity contribution is 5.21. The molecule has 1 atom stereocenters. The van der Waals surface area contributed by atoms with E-state index in [4.69, 9.17) is 4.74 Å². The van der Waals surface area contributed by atoms with Crippen molar-refractivity contribution >= 4 is 0 Å². The predicted molar refractivity (Wildman–Crippen MR) is 76.1 cm³/mol. The molecule has 1 saturated heterocycles. The standard InChI is InChI=1S/C15H24N2O2/c1-15(18,14-5-3-2-4-6-14)13-16-7-8-17-9-11-19-12-10-17/h2-6,16,18H,7-13H2,1H3. The van der Waals surface area contributed by atoms with Gasteiger partial charge in [0.2, 0.25) is 0 Å². The average molecular weight is 264 g/mol. The van der Waals surface area contributed by atoms with Crippen molar-refractivity contribution < 1.29 is 9.84 Å². The van der Waals surface area contributed by atoms with Crippen molar-refractivity contribution in [3.05, 3.63) is 35.9 Å². The van der Waals surface area contributed by atoms with Gasteiger partial charge in [-0.25, -0.2) is 0 Å². The molecule has 0 amide bonds. The SMILES string of the molecule is CC(O)(CNCCN1CCOCC1)c1ccccc1. The molecule has 1 unspecified atom stereocenters. The minimum atomic E-state index is -0.813. The van der Waals surface area contributed by atoms with Gasteiger partial charge in [-0.05, 0) is 12.5 Å². The molecule has 0 radical (unpaired) electrons. The highest BCUT2D eigenvalue weighted by atomic mass is 16.5. The number of hydrogen-bond donors (Lipinski definition) is 2. The molecule has 2 rings (SSSR count). The third-order valence-corrected chi connectivity index (χ3v) is 3.57. The first kappa shape index (κ1) is 14.5. The van der Waals surface area contributed by atoms with Gasteiger partial charge in [-0.2, -0.15) is 0 Å². The second-order valence-corrected chi connectivity index (χ2v) is 5.27. The summed E-state index contributed by atoms with van der Waals surface area (Å²) in [7, 11) is 0. The molecule has 0 aromatic heterocycles. The topological polar surface area (TPSA) is 44.7 Å². The van der Waals surface area contributed by atoms with Crippen LogP contribution < -0.4 is 5.32 Å². The number of morpholine rings is 1. The molecule has 0 aliphatic carbocycles. The molecular weight excluding hydrogens is 240 g/mol. The van der Waals surface area contributed by atoms with Gasteiger partial charge in [-0.15, -0.1) is 0 Å². The molecule has 0 saturated carbocycles. The van der Waals surface area contributed by atoms with Crippen molar-refractivity contribution in [1.82, 2.24) is 10.2 Å². The van der Waals surface area contributed by atoms with Gasteiger partial charge < -0.3 is 15.2 Å². The van der Waals surface area contributed by atoms with Gasteiger partial charge in [0.05, 0.1) is 18.8 Å². The lowest BCUT2D eigenvalue weighted by Gasteiger charge is -2.28. The number of aliphatic hydroxyl groups is 1. The normalized spacial score (nSPS) is 20.1. The fraction of sp³-hybridized carbons (Fsp3) is 0.600. The third-order valence-electron chi connectivity index (χ3n) is 3.57. The molecule has 1 aromatic rings. The van der Waals surface area contributed by atoms with Crippen molar-refractivity contribution in [1.29, 1.82) is 0 Å². The number of benzene rings is 1. The Balaban J connectivity index is 1.69. The average Bonchev–Trinajstić information content (AvgIpc) is 2.46. The Kier molecular flexibility index (Phi) is 5.34. The Bertz CT molecular complexity index is 362. The van der Waals surface area contributed by atoms with E-state index in [1.807, 2.05) is 37.3 Å². The fourth-order valence-electron chi connectivity index (χ4n) is 2.29. The fourth-order valence-corrected chi connectivity index (χ4v) is 2.29. The van der Waals surface area contributed by atoms with E-state index in [1.165, 1.54) is 0 Å². The Morgan fingerprint density at radius 1 is 1.26 bits per heavy atom. The summed E-state index contributed by atoms with van der Waals surface area (Å²) in [6.07, 6.45) is 0. The van der Waals surface area contributed by atoms with Crippen LogP contribution in [0.5, 0.6) is 0 Å². The molecule has 106 valence electrons. The number of nitrogens with one attached hydrogen (secondary N) is 1. The molecule has 0 bridgehead atoms. The van der Waals surface area contributed by atoms with Gasteiger partial charge in [0, 0.05) is 32.7 Å². The molecule has 0 spiro atoms. The summed E-state index contributed by atoms with van der Waals surface area (Å²) in [6, 6.07) is 9.80. The summed E-state index contributed by atoms with van der Waals surface area (Å²) in [5, 5.41) is 13.8. The van der Waals surface area contributed by atoms with E-state index in [0.717, 1.165) is 45.0 Å². The van der Waals surface area contributed by atoms with Crippen LogP contribution in [0.25, 0.3) is 0 Å². The van der Waals surface area contributed by atoms with E-state index in [0.29, 0.717) is 6.54 Å². The molecule has 1 aliphatic rings. The first-order chi connectivity index (χ1) is 9.18. The van der Waals surface area contributed by atoms with Gasteiger partial charge in [0.1, 0.15) is 0 Å². The highest BCUT2D eigenvalue weighted by Gasteiger charge is 2.22. The Morgan fingerprint density at radius 2 is 1.95 bits per heavy atom. The zero-order valence-corrected chi connectivity index (χ0v) is 11.6. The van der Waals surface area contributed by atoms with Crippen LogP contribution in [0.2, 0.25) is 0 Å². The Hall–Kier alpha value is -0.940. The second kappa shape index (κ2) is 7.01. The van der Waals surface area contributed by atoms with E-state index in [1.54, 1.807) is 0 Å². The van der Waals surface area contributed by atoms with Crippen LogP contribution in [0.3, 0.4) is 0 Å². The van der Waals surface area contributed by atoms with Gasteiger partial charge in [-0.3, -0.25) is 4.90 Å². The van der Waals surface area contributed by atoms with Gasteiger partial charge in [0.25, 0.3) is 0 Å². The first-order valence-corrected chi connectivity index (χ1v) is 6.97. The first-order valence-electron chi connectivity index (χ1n) is 6.97. The van der Waals surface area contributed by atoms with Crippen LogP contribution >= 0.6 is 0 Å². The van der Waals surface area contributed by atoms with E-state index >= 15 is 0 Å². The molecule has 4 nitrogen and oxygen atoms in total. The smallest absolute Gasteiger partial charge is 0.0992 e. The number of rotatable bonds is 6. The molecule has 1 aromatic carbocycles. The van der Waals surface area contributed by atoms with Crippen LogP contribution in [0.1, 0.15) is 12.5 Å². The van der Waals surface area contributed by atoms with Gasteiger partial charge in [-0.1, -0.05) is 30.3 Å². The summed E-state index contributed by atoms with van der Waals surface area (Å²) >= 11 is 0. The Labute approximate surface area is 115 Å². The lowest BCUT2D eigenvalue weighted by Crippen LogP contribution is -2.43. The van der Waals surface area contributed by atoms with Crippen LogP contribution in [0.15, 0.2) is 30.3 Å². The van der Waals surface area contributed by atoms with Crippen molar-refractivity contribution in [2.75, 3.05) is 45.9 Å². The van der Waals surface area contributed by atoms with Crippen molar-refractivity contribution in [3.8, 4) is 0 Å². The quantitative estimate of drug-likeness (QED) is 0.747. The molecule has 2 N–H and O–H groups in total. The van der Waals surface area contributed by atoms with Crippen LogP contribution in [-0.4, -0.2) is 55.9 Å². The van der Waals surface area contributed by atoms with Crippen molar-refractivity contribution in [2.24, 2.45) is 0 Å². The maximum atomic E-state index is 10.4. The van der Waals surface area contributed by atoms with E-state index in [-0.39, 0.29) is 0 Å². The van der Waals surface area contributed by atoms with Crippen LogP contribution in [0, 0.1) is 0 Å². The maximum Gasteiger partial charge on any atom is 0.0992 e.